The van der Waals surface area contributed by atoms with Gasteiger partial charge in [-0.15, -0.1) is 0 Å². The summed E-state index contributed by atoms with van der Waals surface area (Å²) in [5.41, 5.74) is 4.93. The number of hydrogen-bond acceptors (Lipinski definition) is 7. The quantitative estimate of drug-likeness (QED) is 0.275. The van der Waals surface area contributed by atoms with E-state index in [2.05, 4.69) is 15.8 Å². The Hall–Kier alpha value is -4.53. The van der Waals surface area contributed by atoms with Crippen molar-refractivity contribution in [2.45, 2.75) is 26.0 Å². The molecule has 0 aromatic heterocycles. The van der Waals surface area contributed by atoms with Gasteiger partial charge >= 0.3 is 6.09 Å². The molecule has 1 atom stereocenters. The minimum Gasteiger partial charge on any atom is -0.497 e. The molecule has 3 aromatic carbocycles. The second kappa shape index (κ2) is 14.1. The summed E-state index contributed by atoms with van der Waals surface area (Å²) in [6, 6.07) is 21.5. The molecule has 194 valence electrons. The third kappa shape index (κ3) is 8.57. The molecule has 0 fully saturated rings. The van der Waals surface area contributed by atoms with Crippen LogP contribution in [0.3, 0.4) is 0 Å². The number of alkyl carbamates (subject to hydrolysis) is 1. The highest BCUT2D eigenvalue weighted by atomic mass is 16.5. The smallest absolute Gasteiger partial charge is 0.407 e. The molecule has 0 aliphatic carbocycles. The zero-order valence-corrected chi connectivity index (χ0v) is 21.1. The lowest BCUT2D eigenvalue weighted by Gasteiger charge is -2.18. The van der Waals surface area contributed by atoms with Crippen LogP contribution in [0.25, 0.3) is 0 Å². The van der Waals surface area contributed by atoms with E-state index in [9.17, 15) is 9.59 Å². The summed E-state index contributed by atoms with van der Waals surface area (Å²) in [6.07, 6.45) is 0.948. The Kier molecular flexibility index (Phi) is 10.3. The minimum absolute atomic E-state index is 0.000674. The van der Waals surface area contributed by atoms with E-state index in [0.29, 0.717) is 18.1 Å². The summed E-state index contributed by atoms with van der Waals surface area (Å²) >= 11 is 0. The summed E-state index contributed by atoms with van der Waals surface area (Å²) in [7, 11) is 3.22. The number of rotatable bonds is 12. The first kappa shape index (κ1) is 27.1. The van der Waals surface area contributed by atoms with Crippen LogP contribution < -0.4 is 25.0 Å². The van der Waals surface area contributed by atoms with Gasteiger partial charge < -0.3 is 24.3 Å². The van der Waals surface area contributed by atoms with Crippen molar-refractivity contribution in [3.63, 3.8) is 0 Å². The van der Waals surface area contributed by atoms with Gasteiger partial charge in [0.05, 0.1) is 39.5 Å². The van der Waals surface area contributed by atoms with Crippen LogP contribution in [0.1, 0.15) is 36.1 Å². The van der Waals surface area contributed by atoms with Crippen LogP contribution in [0.5, 0.6) is 17.2 Å². The molecule has 0 aliphatic rings. The lowest BCUT2D eigenvalue weighted by molar-refractivity contribution is -0.121. The van der Waals surface area contributed by atoms with Crippen LogP contribution in [0.15, 0.2) is 77.9 Å². The molecule has 0 radical (unpaired) electrons. The second-order valence-electron chi connectivity index (χ2n) is 7.86. The molecule has 9 nitrogen and oxygen atoms in total. The Balaban J connectivity index is 1.53. The molecule has 0 aliphatic heterocycles. The number of carbonyl (C=O) groups excluding carboxylic acids is 2. The standard InChI is InChI=1S/C28H31N3O6/c1-4-36-28(33)30-25(21-8-6-5-7-9-21)17-27(32)31-29-18-20-10-12-23(13-11-20)37-19-22-16-24(34-2)14-15-26(22)35-3/h5-16,18,25H,4,17,19H2,1-3H3,(H,30,33)(H,31,32)/b29-18-/t25-/m1/s1. The summed E-state index contributed by atoms with van der Waals surface area (Å²) in [5.74, 6) is 1.75. The first-order valence-corrected chi connectivity index (χ1v) is 11.8. The monoisotopic (exact) mass is 505 g/mol. The van der Waals surface area contributed by atoms with E-state index in [-0.39, 0.29) is 18.9 Å². The molecule has 0 saturated heterocycles. The van der Waals surface area contributed by atoms with Crippen molar-refractivity contribution in [2.75, 3.05) is 20.8 Å². The van der Waals surface area contributed by atoms with E-state index in [4.69, 9.17) is 18.9 Å². The maximum Gasteiger partial charge on any atom is 0.407 e. The Morgan fingerprint density at radius 3 is 2.35 bits per heavy atom. The highest BCUT2D eigenvalue weighted by Crippen LogP contribution is 2.25. The van der Waals surface area contributed by atoms with Gasteiger partial charge in [-0.25, -0.2) is 10.2 Å². The zero-order chi connectivity index (χ0) is 26.5. The summed E-state index contributed by atoms with van der Waals surface area (Å²) in [6.45, 7) is 2.27. The first-order chi connectivity index (χ1) is 18.0. The molecule has 9 heteroatoms. The van der Waals surface area contributed by atoms with E-state index >= 15 is 0 Å². The topological polar surface area (TPSA) is 107 Å². The second-order valence-corrected chi connectivity index (χ2v) is 7.86. The van der Waals surface area contributed by atoms with Crippen molar-refractivity contribution < 1.29 is 28.5 Å². The fourth-order valence-electron chi connectivity index (χ4n) is 3.47. The van der Waals surface area contributed by atoms with Gasteiger partial charge in [0.25, 0.3) is 0 Å². The normalized spacial score (nSPS) is 11.4. The zero-order valence-electron chi connectivity index (χ0n) is 21.1. The van der Waals surface area contributed by atoms with Gasteiger partial charge in [0.2, 0.25) is 5.91 Å². The van der Waals surface area contributed by atoms with Crippen LogP contribution in [0.2, 0.25) is 0 Å². The summed E-state index contributed by atoms with van der Waals surface area (Å²) < 4.78 is 21.5. The fourth-order valence-corrected chi connectivity index (χ4v) is 3.47. The predicted molar refractivity (Wildman–Crippen MR) is 140 cm³/mol. The van der Waals surface area contributed by atoms with Crippen molar-refractivity contribution in [3.05, 3.63) is 89.5 Å². The number of hydrogen-bond donors (Lipinski definition) is 2. The van der Waals surface area contributed by atoms with Crippen molar-refractivity contribution in [1.82, 2.24) is 10.7 Å². The number of nitrogens with zero attached hydrogens (tertiary/aromatic N) is 1. The molecule has 3 rings (SSSR count). The minimum atomic E-state index is -0.584. The Bertz CT molecular complexity index is 1180. The summed E-state index contributed by atoms with van der Waals surface area (Å²) in [4.78, 5) is 24.4. The average molecular weight is 506 g/mol. The average Bonchev–Trinajstić information content (AvgIpc) is 2.92. The van der Waals surface area contributed by atoms with Crippen LogP contribution in [-0.2, 0) is 16.1 Å². The number of nitrogens with one attached hydrogen (secondary N) is 2. The van der Waals surface area contributed by atoms with Gasteiger partial charge in [-0.3, -0.25) is 4.79 Å². The van der Waals surface area contributed by atoms with Gasteiger partial charge in [-0.2, -0.15) is 5.10 Å². The lowest BCUT2D eigenvalue weighted by Crippen LogP contribution is -2.33. The SMILES string of the molecule is CCOC(=O)N[C@H](CC(=O)N/N=C\c1ccc(OCc2cc(OC)ccc2OC)cc1)c1ccccc1. The van der Waals surface area contributed by atoms with Gasteiger partial charge in [-0.05, 0) is 60.5 Å². The van der Waals surface area contributed by atoms with Crippen LogP contribution in [0, 0.1) is 0 Å². The fraction of sp³-hybridized carbons (Fsp3) is 0.250. The number of methoxy groups -OCH3 is 2. The third-order valence-electron chi connectivity index (χ3n) is 5.32. The molecule has 0 heterocycles. The molecule has 0 saturated carbocycles. The van der Waals surface area contributed by atoms with Crippen molar-refractivity contribution >= 4 is 18.2 Å². The molecule has 37 heavy (non-hydrogen) atoms. The molecule has 0 spiro atoms. The van der Waals surface area contributed by atoms with E-state index in [0.717, 1.165) is 22.4 Å². The Labute approximate surface area is 216 Å². The van der Waals surface area contributed by atoms with E-state index < -0.39 is 12.1 Å². The molecule has 3 aromatic rings. The molecular weight excluding hydrogens is 474 g/mol. The maximum atomic E-state index is 12.5. The van der Waals surface area contributed by atoms with E-state index in [1.165, 1.54) is 6.21 Å². The molecule has 2 N–H and O–H groups in total. The first-order valence-electron chi connectivity index (χ1n) is 11.8. The van der Waals surface area contributed by atoms with Crippen molar-refractivity contribution in [3.8, 4) is 17.2 Å². The maximum absolute atomic E-state index is 12.5. The van der Waals surface area contributed by atoms with E-state index in [1.54, 1.807) is 21.1 Å². The lowest BCUT2D eigenvalue weighted by atomic mass is 10.0. The number of benzene rings is 3. The van der Waals surface area contributed by atoms with Gasteiger partial charge in [0.1, 0.15) is 23.9 Å². The van der Waals surface area contributed by atoms with Crippen molar-refractivity contribution in [1.29, 1.82) is 0 Å². The van der Waals surface area contributed by atoms with Gasteiger partial charge in [0.15, 0.2) is 0 Å². The van der Waals surface area contributed by atoms with Crippen LogP contribution >= 0.6 is 0 Å². The highest BCUT2D eigenvalue weighted by Gasteiger charge is 2.18. The van der Waals surface area contributed by atoms with Gasteiger partial charge in [-0.1, -0.05) is 30.3 Å². The van der Waals surface area contributed by atoms with Gasteiger partial charge in [0, 0.05) is 5.56 Å². The highest BCUT2D eigenvalue weighted by molar-refractivity contribution is 5.83. The van der Waals surface area contributed by atoms with Crippen LogP contribution in [0.4, 0.5) is 4.79 Å². The van der Waals surface area contributed by atoms with Crippen LogP contribution in [-0.4, -0.2) is 39.0 Å². The molecular formula is C28H31N3O6. The molecule has 0 bridgehead atoms. The third-order valence-corrected chi connectivity index (χ3v) is 5.32. The largest absolute Gasteiger partial charge is 0.497 e. The van der Waals surface area contributed by atoms with Crippen molar-refractivity contribution in [2.24, 2.45) is 5.10 Å². The number of amides is 2. The Morgan fingerprint density at radius 2 is 1.68 bits per heavy atom. The Morgan fingerprint density at radius 1 is 0.946 bits per heavy atom. The van der Waals surface area contributed by atoms with E-state index in [1.807, 2.05) is 72.8 Å². The molecule has 2 amide bonds. The predicted octanol–water partition coefficient (Wildman–Crippen LogP) is 4.61. The number of hydrazone groups is 1. The molecule has 0 unspecified atom stereocenters. The summed E-state index contributed by atoms with van der Waals surface area (Å²) in [5, 5.41) is 6.74. The number of ether oxygens (including phenoxy) is 4. The number of carbonyl (C=O) groups is 2.